The highest BCUT2D eigenvalue weighted by Crippen LogP contribution is 2.08. The molecule has 2 aromatic rings. The van der Waals surface area contributed by atoms with Crippen LogP contribution in [0.3, 0.4) is 0 Å². The van der Waals surface area contributed by atoms with Gasteiger partial charge in [-0.1, -0.05) is 24.3 Å². The van der Waals surface area contributed by atoms with Gasteiger partial charge in [-0.2, -0.15) is 0 Å². The molecule has 0 saturated carbocycles. The van der Waals surface area contributed by atoms with Crippen molar-refractivity contribution in [3.63, 3.8) is 0 Å². The van der Waals surface area contributed by atoms with Crippen molar-refractivity contribution in [1.29, 1.82) is 0 Å². The normalized spacial score (nSPS) is 10.1. The molecule has 2 rings (SSSR count). The summed E-state index contributed by atoms with van der Waals surface area (Å²) in [5.74, 6) is 0.457. The lowest BCUT2D eigenvalue weighted by Gasteiger charge is -2.07. The number of carbonyl (C=O) groups is 2. The monoisotopic (exact) mass is 332 g/mol. The second kappa shape index (κ2) is 9.63. The van der Waals surface area contributed by atoms with Gasteiger partial charge in [-0.3, -0.25) is 9.59 Å². The molecule has 6 heteroatoms. The zero-order valence-corrected chi connectivity index (χ0v) is 13.6. The molecular formula is C17H20N2O3S. The standard InChI is InChI=1S/C17H20N2O3S/c20-16(13-19-17(21)15-9-6-12-23-15)18-10-4-5-11-22-14-7-2-1-3-8-14/h1-3,6-9,12H,4-5,10-11,13H2,(H,18,20)(H,19,21). The highest BCUT2D eigenvalue weighted by molar-refractivity contribution is 7.12. The average molecular weight is 332 g/mol. The number of ether oxygens (including phenoxy) is 1. The fraction of sp³-hybridized carbons (Fsp3) is 0.294. The largest absolute Gasteiger partial charge is 0.494 e. The van der Waals surface area contributed by atoms with Gasteiger partial charge in [-0.05, 0) is 36.4 Å². The molecule has 2 amide bonds. The molecule has 1 heterocycles. The van der Waals surface area contributed by atoms with Crippen LogP contribution in [0, 0.1) is 0 Å². The molecule has 0 aliphatic rings. The van der Waals surface area contributed by atoms with Gasteiger partial charge >= 0.3 is 0 Å². The number of thiophene rings is 1. The molecule has 5 nitrogen and oxygen atoms in total. The van der Waals surface area contributed by atoms with Crippen LogP contribution in [0.15, 0.2) is 47.8 Å². The number of nitrogens with one attached hydrogen (secondary N) is 2. The topological polar surface area (TPSA) is 67.4 Å². The molecule has 0 atom stereocenters. The number of benzene rings is 1. The van der Waals surface area contributed by atoms with Gasteiger partial charge in [0.1, 0.15) is 5.75 Å². The maximum absolute atomic E-state index is 11.7. The Morgan fingerprint density at radius 3 is 2.57 bits per heavy atom. The number of para-hydroxylation sites is 1. The SMILES string of the molecule is O=C(CNC(=O)c1cccs1)NCCCCOc1ccccc1. The van der Waals surface area contributed by atoms with Crippen LogP contribution in [0.5, 0.6) is 5.75 Å². The van der Waals surface area contributed by atoms with E-state index < -0.39 is 0 Å². The maximum atomic E-state index is 11.7. The van der Waals surface area contributed by atoms with Crippen molar-refractivity contribution in [3.05, 3.63) is 52.7 Å². The lowest BCUT2D eigenvalue weighted by molar-refractivity contribution is -0.120. The van der Waals surface area contributed by atoms with E-state index in [-0.39, 0.29) is 18.4 Å². The molecule has 0 fully saturated rings. The smallest absolute Gasteiger partial charge is 0.261 e. The van der Waals surface area contributed by atoms with E-state index in [1.807, 2.05) is 35.7 Å². The minimum absolute atomic E-state index is 0.00273. The van der Waals surface area contributed by atoms with Gasteiger partial charge in [0.25, 0.3) is 5.91 Å². The summed E-state index contributed by atoms with van der Waals surface area (Å²) in [6.07, 6.45) is 1.69. The quantitative estimate of drug-likeness (QED) is 0.693. The van der Waals surface area contributed by atoms with Crippen LogP contribution in [0.2, 0.25) is 0 Å². The Balaban J connectivity index is 1.49. The molecule has 23 heavy (non-hydrogen) atoms. The molecular weight excluding hydrogens is 312 g/mol. The van der Waals surface area contributed by atoms with Crippen LogP contribution in [-0.4, -0.2) is 31.5 Å². The number of hydrogen-bond donors (Lipinski definition) is 2. The fourth-order valence-electron chi connectivity index (χ4n) is 1.88. The first-order valence-corrected chi connectivity index (χ1v) is 8.40. The van der Waals surface area contributed by atoms with Crippen LogP contribution >= 0.6 is 11.3 Å². The van der Waals surface area contributed by atoms with Gasteiger partial charge in [-0.25, -0.2) is 0 Å². The van der Waals surface area contributed by atoms with Gasteiger partial charge in [-0.15, -0.1) is 11.3 Å². The van der Waals surface area contributed by atoms with E-state index in [4.69, 9.17) is 4.74 Å². The predicted molar refractivity (Wildman–Crippen MR) is 90.8 cm³/mol. The lowest BCUT2D eigenvalue weighted by Crippen LogP contribution is -2.37. The third kappa shape index (κ3) is 6.52. The first-order valence-electron chi connectivity index (χ1n) is 7.52. The van der Waals surface area contributed by atoms with Crippen molar-refractivity contribution >= 4 is 23.2 Å². The minimum atomic E-state index is -0.216. The van der Waals surface area contributed by atoms with Gasteiger partial charge in [0.15, 0.2) is 0 Å². The van der Waals surface area contributed by atoms with Crippen molar-refractivity contribution in [3.8, 4) is 5.75 Å². The molecule has 1 aromatic heterocycles. The van der Waals surface area contributed by atoms with E-state index in [0.717, 1.165) is 18.6 Å². The summed E-state index contributed by atoms with van der Waals surface area (Å²) in [6.45, 7) is 1.19. The Kier molecular flexibility index (Phi) is 7.13. The van der Waals surface area contributed by atoms with E-state index in [1.54, 1.807) is 12.1 Å². The molecule has 0 unspecified atom stereocenters. The number of hydrogen-bond acceptors (Lipinski definition) is 4. The first-order chi connectivity index (χ1) is 11.3. The van der Waals surface area contributed by atoms with Crippen molar-refractivity contribution in [1.82, 2.24) is 10.6 Å². The van der Waals surface area contributed by atoms with Crippen molar-refractivity contribution < 1.29 is 14.3 Å². The summed E-state index contributed by atoms with van der Waals surface area (Å²) >= 11 is 1.35. The van der Waals surface area contributed by atoms with Crippen LogP contribution in [0.1, 0.15) is 22.5 Å². The summed E-state index contributed by atoms with van der Waals surface area (Å²) in [5, 5.41) is 7.20. The van der Waals surface area contributed by atoms with E-state index in [9.17, 15) is 9.59 Å². The molecule has 0 bridgehead atoms. The van der Waals surface area contributed by atoms with E-state index in [2.05, 4.69) is 10.6 Å². The third-order valence-corrected chi connectivity index (χ3v) is 3.93. The molecule has 2 N–H and O–H groups in total. The third-order valence-electron chi connectivity index (χ3n) is 3.06. The van der Waals surface area contributed by atoms with Crippen molar-refractivity contribution in [2.24, 2.45) is 0 Å². The number of unbranched alkanes of at least 4 members (excludes halogenated alkanes) is 1. The maximum Gasteiger partial charge on any atom is 0.261 e. The van der Waals surface area contributed by atoms with Crippen LogP contribution < -0.4 is 15.4 Å². The second-order valence-electron chi connectivity index (χ2n) is 4.88. The van der Waals surface area contributed by atoms with Crippen molar-refractivity contribution in [2.75, 3.05) is 19.7 Å². The summed E-state index contributed by atoms with van der Waals surface area (Å²) in [5.41, 5.74) is 0. The predicted octanol–water partition coefficient (Wildman–Crippen LogP) is 2.45. The molecule has 0 radical (unpaired) electrons. The van der Waals surface area contributed by atoms with Crippen LogP contribution in [0.4, 0.5) is 0 Å². The van der Waals surface area contributed by atoms with E-state index >= 15 is 0 Å². The summed E-state index contributed by atoms with van der Waals surface area (Å²) in [4.78, 5) is 23.9. The molecule has 0 aliphatic heterocycles. The molecule has 0 saturated heterocycles. The highest BCUT2D eigenvalue weighted by atomic mass is 32.1. The summed E-state index contributed by atoms with van der Waals surface area (Å²) in [7, 11) is 0. The molecule has 1 aromatic carbocycles. The molecule has 122 valence electrons. The van der Waals surface area contributed by atoms with Crippen LogP contribution in [0.25, 0.3) is 0 Å². The lowest BCUT2D eigenvalue weighted by atomic mass is 10.3. The van der Waals surface area contributed by atoms with Gasteiger partial charge in [0, 0.05) is 6.54 Å². The number of carbonyl (C=O) groups excluding carboxylic acids is 2. The minimum Gasteiger partial charge on any atom is -0.494 e. The van der Waals surface area contributed by atoms with Crippen molar-refractivity contribution in [2.45, 2.75) is 12.8 Å². The number of amides is 2. The Morgan fingerprint density at radius 2 is 1.83 bits per heavy atom. The Morgan fingerprint density at radius 1 is 1.00 bits per heavy atom. The van der Waals surface area contributed by atoms with Gasteiger partial charge < -0.3 is 15.4 Å². The molecule has 0 aliphatic carbocycles. The summed E-state index contributed by atoms with van der Waals surface area (Å²) < 4.78 is 5.56. The average Bonchev–Trinajstić information content (AvgIpc) is 3.11. The Labute approximate surface area is 139 Å². The zero-order chi connectivity index (χ0) is 16.3. The Bertz CT molecular complexity index is 600. The van der Waals surface area contributed by atoms with E-state index in [1.165, 1.54) is 11.3 Å². The van der Waals surface area contributed by atoms with Gasteiger partial charge in [0.05, 0.1) is 18.0 Å². The summed E-state index contributed by atoms with van der Waals surface area (Å²) in [6, 6.07) is 13.2. The fourth-order valence-corrected chi connectivity index (χ4v) is 2.52. The van der Waals surface area contributed by atoms with Gasteiger partial charge in [0.2, 0.25) is 5.91 Å². The Hall–Kier alpha value is -2.34. The van der Waals surface area contributed by atoms with Crippen LogP contribution in [-0.2, 0) is 4.79 Å². The number of rotatable bonds is 9. The second-order valence-corrected chi connectivity index (χ2v) is 5.83. The molecule has 0 spiro atoms. The highest BCUT2D eigenvalue weighted by Gasteiger charge is 2.08. The zero-order valence-electron chi connectivity index (χ0n) is 12.8. The first kappa shape index (κ1) is 17.0. The van der Waals surface area contributed by atoms with E-state index in [0.29, 0.717) is 18.0 Å².